The number of halogens is 1. The third kappa shape index (κ3) is 2.72. The van der Waals surface area contributed by atoms with Crippen LogP contribution in [0.5, 0.6) is 11.5 Å². The monoisotopic (exact) mass is 299 g/mol. The number of rotatable bonds is 4. The SMILES string of the molecule is O=C(c1ccc(O)c(O)c1)N(CCBr)C1CC1. The predicted octanol–water partition coefficient (Wildman–Crippen LogP) is 2.10. The summed E-state index contributed by atoms with van der Waals surface area (Å²) in [5.41, 5.74) is 0.410. The molecule has 1 amide bonds. The van der Waals surface area contributed by atoms with Crippen LogP contribution >= 0.6 is 15.9 Å². The number of carbonyl (C=O) groups is 1. The van der Waals surface area contributed by atoms with Crippen LogP contribution in [0.2, 0.25) is 0 Å². The Bertz CT molecular complexity index is 432. The average Bonchev–Trinajstić information content (AvgIpc) is 3.13. The normalized spacial score (nSPS) is 14.6. The molecule has 1 saturated carbocycles. The highest BCUT2D eigenvalue weighted by Gasteiger charge is 2.32. The fourth-order valence-corrected chi connectivity index (χ4v) is 2.13. The van der Waals surface area contributed by atoms with Gasteiger partial charge in [-0.1, -0.05) is 15.9 Å². The van der Waals surface area contributed by atoms with Crippen LogP contribution in [0.25, 0.3) is 0 Å². The van der Waals surface area contributed by atoms with Crippen LogP contribution in [0.3, 0.4) is 0 Å². The zero-order valence-corrected chi connectivity index (χ0v) is 10.9. The molecule has 0 aromatic heterocycles. The lowest BCUT2D eigenvalue weighted by atomic mass is 10.1. The van der Waals surface area contributed by atoms with E-state index in [2.05, 4.69) is 15.9 Å². The average molecular weight is 300 g/mol. The smallest absolute Gasteiger partial charge is 0.254 e. The van der Waals surface area contributed by atoms with Crippen molar-refractivity contribution < 1.29 is 15.0 Å². The van der Waals surface area contributed by atoms with Crippen molar-refractivity contribution in [2.75, 3.05) is 11.9 Å². The van der Waals surface area contributed by atoms with Crippen molar-refractivity contribution in [1.29, 1.82) is 0 Å². The lowest BCUT2D eigenvalue weighted by Crippen LogP contribution is -2.34. The minimum Gasteiger partial charge on any atom is -0.504 e. The van der Waals surface area contributed by atoms with Gasteiger partial charge in [0.2, 0.25) is 0 Å². The summed E-state index contributed by atoms with van der Waals surface area (Å²) < 4.78 is 0. The maximum absolute atomic E-state index is 12.2. The molecule has 92 valence electrons. The first-order valence-electron chi connectivity index (χ1n) is 5.52. The van der Waals surface area contributed by atoms with E-state index < -0.39 is 0 Å². The molecule has 0 bridgehead atoms. The Hall–Kier alpha value is -1.23. The lowest BCUT2D eigenvalue weighted by Gasteiger charge is -2.21. The number of alkyl halides is 1. The molecule has 1 fully saturated rings. The van der Waals surface area contributed by atoms with Crippen LogP contribution in [0.4, 0.5) is 0 Å². The van der Waals surface area contributed by atoms with Crippen LogP contribution in [-0.2, 0) is 0 Å². The van der Waals surface area contributed by atoms with Gasteiger partial charge in [-0.2, -0.15) is 0 Å². The van der Waals surface area contributed by atoms with E-state index in [4.69, 9.17) is 0 Å². The Kier molecular flexibility index (Phi) is 3.57. The number of phenols is 2. The number of hydrogen-bond acceptors (Lipinski definition) is 3. The number of nitrogens with zero attached hydrogens (tertiary/aromatic N) is 1. The van der Waals surface area contributed by atoms with Crippen molar-refractivity contribution in [3.05, 3.63) is 23.8 Å². The van der Waals surface area contributed by atoms with Gasteiger partial charge >= 0.3 is 0 Å². The van der Waals surface area contributed by atoms with Crippen molar-refractivity contribution in [3.63, 3.8) is 0 Å². The van der Waals surface area contributed by atoms with Crippen LogP contribution in [0.15, 0.2) is 18.2 Å². The van der Waals surface area contributed by atoms with E-state index in [-0.39, 0.29) is 17.4 Å². The summed E-state index contributed by atoms with van der Waals surface area (Å²) in [7, 11) is 0. The number of benzene rings is 1. The largest absolute Gasteiger partial charge is 0.504 e. The van der Waals surface area contributed by atoms with Crippen molar-refractivity contribution in [3.8, 4) is 11.5 Å². The fourth-order valence-electron chi connectivity index (χ4n) is 1.75. The van der Waals surface area contributed by atoms with Gasteiger partial charge in [0.15, 0.2) is 11.5 Å². The number of hydrogen-bond donors (Lipinski definition) is 2. The molecule has 1 aromatic carbocycles. The molecule has 1 aliphatic rings. The summed E-state index contributed by atoms with van der Waals surface area (Å²) in [5.74, 6) is -0.562. The van der Waals surface area contributed by atoms with Crippen molar-refractivity contribution in [1.82, 2.24) is 4.90 Å². The van der Waals surface area contributed by atoms with Gasteiger partial charge in [-0.15, -0.1) is 0 Å². The molecule has 0 aliphatic heterocycles. The van der Waals surface area contributed by atoms with Gasteiger partial charge in [-0.3, -0.25) is 4.79 Å². The lowest BCUT2D eigenvalue weighted by molar-refractivity contribution is 0.0754. The molecule has 0 saturated heterocycles. The second kappa shape index (κ2) is 4.96. The molecule has 0 radical (unpaired) electrons. The minimum atomic E-state index is -0.259. The zero-order chi connectivity index (χ0) is 12.4. The van der Waals surface area contributed by atoms with Crippen molar-refractivity contribution in [2.24, 2.45) is 0 Å². The minimum absolute atomic E-state index is 0.0951. The molecule has 0 atom stereocenters. The number of aromatic hydroxyl groups is 2. The Morgan fingerprint density at radius 2 is 2.06 bits per heavy atom. The molecule has 1 aromatic rings. The second-order valence-corrected chi connectivity index (χ2v) is 4.92. The highest BCUT2D eigenvalue weighted by atomic mass is 79.9. The maximum Gasteiger partial charge on any atom is 0.254 e. The molecular weight excluding hydrogens is 286 g/mol. The predicted molar refractivity (Wildman–Crippen MR) is 67.6 cm³/mol. The Morgan fingerprint density at radius 1 is 1.35 bits per heavy atom. The van der Waals surface area contributed by atoms with Crippen molar-refractivity contribution in [2.45, 2.75) is 18.9 Å². The first-order valence-corrected chi connectivity index (χ1v) is 6.64. The van der Waals surface area contributed by atoms with Crippen LogP contribution in [0.1, 0.15) is 23.2 Å². The van der Waals surface area contributed by atoms with E-state index in [9.17, 15) is 15.0 Å². The topological polar surface area (TPSA) is 60.8 Å². The summed E-state index contributed by atoms with van der Waals surface area (Å²) in [5, 5.41) is 19.3. The van der Waals surface area contributed by atoms with E-state index in [0.717, 1.165) is 18.2 Å². The molecule has 0 unspecified atom stereocenters. The molecule has 0 heterocycles. The van der Waals surface area contributed by atoms with E-state index in [1.165, 1.54) is 18.2 Å². The zero-order valence-electron chi connectivity index (χ0n) is 9.27. The Balaban J connectivity index is 2.19. The van der Waals surface area contributed by atoms with Gasteiger partial charge in [-0.25, -0.2) is 0 Å². The van der Waals surface area contributed by atoms with Gasteiger partial charge in [0.05, 0.1) is 0 Å². The van der Waals surface area contributed by atoms with E-state index in [1.54, 1.807) is 4.90 Å². The van der Waals surface area contributed by atoms with Crippen LogP contribution in [0, 0.1) is 0 Å². The van der Waals surface area contributed by atoms with Crippen molar-refractivity contribution >= 4 is 21.8 Å². The van der Waals surface area contributed by atoms with Gasteiger partial charge in [0.25, 0.3) is 5.91 Å². The van der Waals surface area contributed by atoms with Crippen LogP contribution < -0.4 is 0 Å². The highest BCUT2D eigenvalue weighted by Crippen LogP contribution is 2.30. The molecule has 4 nitrogen and oxygen atoms in total. The summed E-state index contributed by atoms with van der Waals surface area (Å²) in [4.78, 5) is 14.0. The number of amides is 1. The van der Waals surface area contributed by atoms with Gasteiger partial charge in [0.1, 0.15) is 0 Å². The molecule has 2 rings (SSSR count). The van der Waals surface area contributed by atoms with Gasteiger partial charge < -0.3 is 15.1 Å². The van der Waals surface area contributed by atoms with Crippen LogP contribution in [-0.4, -0.2) is 38.9 Å². The van der Waals surface area contributed by atoms with E-state index >= 15 is 0 Å². The van der Waals surface area contributed by atoms with E-state index in [1.807, 2.05) is 0 Å². The molecule has 0 spiro atoms. The van der Waals surface area contributed by atoms with Gasteiger partial charge in [-0.05, 0) is 31.0 Å². The second-order valence-electron chi connectivity index (χ2n) is 4.12. The van der Waals surface area contributed by atoms with E-state index in [0.29, 0.717) is 18.2 Å². The maximum atomic E-state index is 12.2. The molecular formula is C12H14BrNO3. The fraction of sp³-hybridized carbons (Fsp3) is 0.417. The first kappa shape index (κ1) is 12.2. The number of carbonyl (C=O) groups excluding carboxylic acids is 1. The molecule has 5 heteroatoms. The van der Waals surface area contributed by atoms with Gasteiger partial charge in [0, 0.05) is 23.5 Å². The molecule has 2 N–H and O–H groups in total. The Morgan fingerprint density at radius 3 is 2.59 bits per heavy atom. The summed E-state index contributed by atoms with van der Waals surface area (Å²) >= 11 is 3.33. The quantitative estimate of drug-likeness (QED) is 0.661. The molecule has 1 aliphatic carbocycles. The molecule has 17 heavy (non-hydrogen) atoms. The summed E-state index contributed by atoms with van der Waals surface area (Å²) in [6, 6.07) is 4.50. The standard InChI is InChI=1S/C12H14BrNO3/c13-5-6-14(9-2-3-9)12(17)8-1-4-10(15)11(16)7-8/h1,4,7,9,15-16H,2-3,5-6H2. The third-order valence-electron chi connectivity index (χ3n) is 2.80. The summed E-state index contributed by atoms with van der Waals surface area (Å²) in [6.07, 6.45) is 2.09. The first-order chi connectivity index (χ1) is 8.13. The highest BCUT2D eigenvalue weighted by molar-refractivity contribution is 9.09. The number of phenolic OH excluding ortho intramolecular Hbond substituents is 2. The Labute approximate surface area is 108 Å². The summed E-state index contributed by atoms with van der Waals surface area (Å²) in [6.45, 7) is 0.658. The third-order valence-corrected chi connectivity index (χ3v) is 3.15.